The van der Waals surface area contributed by atoms with Crippen molar-refractivity contribution in [2.45, 2.75) is 12.5 Å². The van der Waals surface area contributed by atoms with Crippen molar-refractivity contribution in [2.75, 3.05) is 0 Å². The van der Waals surface area contributed by atoms with Gasteiger partial charge in [0, 0.05) is 23.0 Å². The standard InChI is InChI=1S/C14H13ClFN5/c15-12-6-10(16)2-1-9(12)5-13(20-17)11-7-19-21-4-3-18-8-14(11)21/h1-4,6-8,13,20H,5,17H2. The van der Waals surface area contributed by atoms with Gasteiger partial charge in [0.05, 0.1) is 24.0 Å². The van der Waals surface area contributed by atoms with E-state index in [1.54, 1.807) is 35.4 Å². The van der Waals surface area contributed by atoms with Crippen molar-refractivity contribution in [3.05, 3.63) is 65.0 Å². The molecular weight excluding hydrogens is 293 g/mol. The summed E-state index contributed by atoms with van der Waals surface area (Å²) in [5.74, 6) is 5.30. The highest BCUT2D eigenvalue weighted by Crippen LogP contribution is 2.26. The summed E-state index contributed by atoms with van der Waals surface area (Å²) < 4.78 is 14.8. The molecule has 0 saturated heterocycles. The average molecular weight is 306 g/mol. The van der Waals surface area contributed by atoms with Crippen molar-refractivity contribution in [1.82, 2.24) is 20.0 Å². The molecule has 0 saturated carbocycles. The van der Waals surface area contributed by atoms with Crippen LogP contribution in [0.4, 0.5) is 4.39 Å². The highest BCUT2D eigenvalue weighted by atomic mass is 35.5. The summed E-state index contributed by atoms with van der Waals surface area (Å²) >= 11 is 6.07. The first kappa shape index (κ1) is 13.9. The van der Waals surface area contributed by atoms with Crippen molar-refractivity contribution in [2.24, 2.45) is 5.84 Å². The molecule has 108 valence electrons. The summed E-state index contributed by atoms with van der Waals surface area (Å²) in [4.78, 5) is 4.09. The molecule has 3 rings (SSSR count). The Bertz CT molecular complexity index is 773. The first-order chi connectivity index (χ1) is 10.2. The number of aromatic nitrogens is 3. The number of benzene rings is 1. The Labute approximate surface area is 125 Å². The third kappa shape index (κ3) is 2.73. The number of nitrogens with two attached hydrogens (primary N) is 1. The Balaban J connectivity index is 1.95. The fraction of sp³-hybridized carbons (Fsp3) is 0.143. The number of nitrogens with zero attached hydrogens (tertiary/aromatic N) is 3. The molecule has 0 radical (unpaired) electrons. The van der Waals surface area contributed by atoms with Crippen LogP contribution in [0.2, 0.25) is 5.02 Å². The van der Waals surface area contributed by atoms with E-state index in [2.05, 4.69) is 15.5 Å². The van der Waals surface area contributed by atoms with E-state index in [0.717, 1.165) is 16.6 Å². The van der Waals surface area contributed by atoms with E-state index in [1.807, 2.05) is 0 Å². The largest absolute Gasteiger partial charge is 0.271 e. The van der Waals surface area contributed by atoms with Crippen molar-refractivity contribution >= 4 is 17.1 Å². The van der Waals surface area contributed by atoms with Gasteiger partial charge in [0.1, 0.15) is 5.82 Å². The normalized spacial score (nSPS) is 12.7. The molecule has 0 bridgehead atoms. The monoisotopic (exact) mass is 305 g/mol. The zero-order valence-electron chi connectivity index (χ0n) is 11.0. The zero-order valence-corrected chi connectivity index (χ0v) is 11.8. The highest BCUT2D eigenvalue weighted by Gasteiger charge is 2.17. The lowest BCUT2D eigenvalue weighted by Crippen LogP contribution is -2.29. The lowest BCUT2D eigenvalue weighted by Gasteiger charge is -2.15. The minimum absolute atomic E-state index is 0.199. The van der Waals surface area contributed by atoms with Gasteiger partial charge in [-0.05, 0) is 24.1 Å². The summed E-state index contributed by atoms with van der Waals surface area (Å²) in [6.07, 6.45) is 7.40. The molecule has 2 aromatic heterocycles. The van der Waals surface area contributed by atoms with Gasteiger partial charge in [0.15, 0.2) is 0 Å². The smallest absolute Gasteiger partial charge is 0.124 e. The van der Waals surface area contributed by atoms with Gasteiger partial charge < -0.3 is 0 Å². The summed E-state index contributed by atoms with van der Waals surface area (Å²) in [6.45, 7) is 0. The predicted molar refractivity (Wildman–Crippen MR) is 78.2 cm³/mol. The molecule has 0 spiro atoms. The van der Waals surface area contributed by atoms with E-state index in [4.69, 9.17) is 17.4 Å². The highest BCUT2D eigenvalue weighted by molar-refractivity contribution is 6.31. The molecular formula is C14H13ClFN5. The van der Waals surface area contributed by atoms with E-state index in [0.29, 0.717) is 11.4 Å². The second-order valence-electron chi connectivity index (χ2n) is 4.67. The minimum atomic E-state index is -0.360. The molecule has 0 aliphatic rings. The van der Waals surface area contributed by atoms with Crippen LogP contribution in [0.1, 0.15) is 17.2 Å². The van der Waals surface area contributed by atoms with Gasteiger partial charge in [-0.3, -0.25) is 16.3 Å². The average Bonchev–Trinajstić information content (AvgIpc) is 2.91. The van der Waals surface area contributed by atoms with E-state index in [9.17, 15) is 4.39 Å². The summed E-state index contributed by atoms with van der Waals surface area (Å²) in [7, 11) is 0. The van der Waals surface area contributed by atoms with E-state index in [-0.39, 0.29) is 11.9 Å². The van der Waals surface area contributed by atoms with E-state index >= 15 is 0 Å². The van der Waals surface area contributed by atoms with Crippen LogP contribution in [0.3, 0.4) is 0 Å². The van der Waals surface area contributed by atoms with Crippen molar-refractivity contribution < 1.29 is 4.39 Å². The molecule has 2 heterocycles. The number of halogens is 2. The SMILES string of the molecule is NNC(Cc1ccc(F)cc1Cl)c1cnn2ccncc12. The van der Waals surface area contributed by atoms with Crippen molar-refractivity contribution in [3.8, 4) is 0 Å². The Kier molecular flexibility index (Phi) is 3.83. The summed E-state index contributed by atoms with van der Waals surface area (Å²) in [5.41, 5.74) is 5.33. The van der Waals surface area contributed by atoms with Crippen LogP contribution >= 0.6 is 11.6 Å². The van der Waals surface area contributed by atoms with Gasteiger partial charge >= 0.3 is 0 Å². The summed E-state index contributed by atoms with van der Waals surface area (Å²) in [6, 6.07) is 4.13. The molecule has 1 unspecified atom stereocenters. The maximum atomic E-state index is 13.1. The van der Waals surface area contributed by atoms with Crippen molar-refractivity contribution in [3.63, 3.8) is 0 Å². The van der Waals surface area contributed by atoms with Gasteiger partial charge in [-0.2, -0.15) is 5.10 Å². The van der Waals surface area contributed by atoms with Crippen LogP contribution in [0.25, 0.3) is 5.52 Å². The van der Waals surface area contributed by atoms with Gasteiger partial charge in [-0.1, -0.05) is 17.7 Å². The molecule has 1 atom stereocenters. The fourth-order valence-corrected chi connectivity index (χ4v) is 2.53. The third-order valence-corrected chi connectivity index (χ3v) is 3.72. The topological polar surface area (TPSA) is 68.2 Å². The third-order valence-electron chi connectivity index (χ3n) is 3.37. The lowest BCUT2D eigenvalue weighted by atomic mass is 10.0. The van der Waals surface area contributed by atoms with Crippen LogP contribution in [-0.4, -0.2) is 14.6 Å². The van der Waals surface area contributed by atoms with Crippen LogP contribution in [-0.2, 0) is 6.42 Å². The second kappa shape index (κ2) is 5.77. The maximum Gasteiger partial charge on any atom is 0.124 e. The number of fused-ring (bicyclic) bond motifs is 1. The first-order valence-corrected chi connectivity index (χ1v) is 6.74. The molecule has 0 fully saturated rings. The van der Waals surface area contributed by atoms with Crippen LogP contribution in [0.15, 0.2) is 43.0 Å². The fourth-order valence-electron chi connectivity index (χ4n) is 2.29. The molecule has 3 N–H and O–H groups in total. The minimum Gasteiger partial charge on any atom is -0.271 e. The Hall–Kier alpha value is -2.02. The number of hydrazine groups is 1. The number of hydrogen-bond acceptors (Lipinski definition) is 4. The van der Waals surface area contributed by atoms with E-state index < -0.39 is 0 Å². The second-order valence-corrected chi connectivity index (χ2v) is 5.07. The van der Waals surface area contributed by atoms with Crippen LogP contribution in [0, 0.1) is 5.82 Å². The molecule has 0 aliphatic heterocycles. The number of nitrogens with one attached hydrogen (secondary N) is 1. The molecule has 21 heavy (non-hydrogen) atoms. The van der Waals surface area contributed by atoms with Gasteiger partial charge in [0.25, 0.3) is 0 Å². The van der Waals surface area contributed by atoms with E-state index in [1.165, 1.54) is 12.1 Å². The van der Waals surface area contributed by atoms with Crippen LogP contribution < -0.4 is 11.3 Å². The number of rotatable bonds is 4. The lowest BCUT2D eigenvalue weighted by molar-refractivity contribution is 0.554. The van der Waals surface area contributed by atoms with Crippen LogP contribution in [0.5, 0.6) is 0 Å². The zero-order chi connectivity index (χ0) is 14.8. The quantitative estimate of drug-likeness (QED) is 0.573. The Morgan fingerprint density at radius 2 is 2.24 bits per heavy atom. The van der Waals surface area contributed by atoms with Crippen molar-refractivity contribution in [1.29, 1.82) is 0 Å². The Morgan fingerprint density at radius 3 is 3.00 bits per heavy atom. The Morgan fingerprint density at radius 1 is 1.38 bits per heavy atom. The first-order valence-electron chi connectivity index (χ1n) is 6.36. The number of hydrogen-bond donors (Lipinski definition) is 2. The molecule has 7 heteroatoms. The summed E-state index contributed by atoms with van der Waals surface area (Å²) in [5, 5.41) is 4.63. The molecule has 0 amide bonds. The maximum absolute atomic E-state index is 13.1. The van der Waals surface area contributed by atoms with Gasteiger partial charge in [0.2, 0.25) is 0 Å². The molecule has 3 aromatic rings. The molecule has 5 nitrogen and oxygen atoms in total. The molecule has 1 aromatic carbocycles. The molecule has 0 aliphatic carbocycles. The van der Waals surface area contributed by atoms with Gasteiger partial charge in [-0.15, -0.1) is 0 Å². The predicted octanol–water partition coefficient (Wildman–Crippen LogP) is 2.27. The van der Waals surface area contributed by atoms with Gasteiger partial charge in [-0.25, -0.2) is 8.91 Å².